The summed E-state index contributed by atoms with van der Waals surface area (Å²) in [5.41, 5.74) is 18.7. The van der Waals surface area contributed by atoms with Gasteiger partial charge in [-0.05, 0) is 123 Å². The van der Waals surface area contributed by atoms with Gasteiger partial charge in [0.25, 0.3) is 0 Å². The smallest absolute Gasteiger partial charge is 0.135 e. The number of hydrogen-bond donors (Lipinski definition) is 0. The topological polar surface area (TPSA) is 21.3 Å². The highest BCUT2D eigenvalue weighted by Crippen LogP contribution is 2.51. The van der Waals surface area contributed by atoms with Gasteiger partial charge in [-0.25, -0.2) is 0 Å². The number of hydrogen-bond acceptors (Lipinski definition) is 2. The predicted octanol–water partition coefficient (Wildman–Crippen LogP) is 15.8. The van der Waals surface area contributed by atoms with Gasteiger partial charge in [-0.3, -0.25) is 0 Å². The van der Waals surface area contributed by atoms with Gasteiger partial charge >= 0.3 is 0 Å². The van der Waals surface area contributed by atoms with Crippen LogP contribution in [0.3, 0.4) is 0 Å². The largest absolute Gasteiger partial charge is 0.456 e. The molecule has 11 aromatic rings. The van der Waals surface area contributed by atoms with E-state index in [0.29, 0.717) is 0 Å². The summed E-state index contributed by atoms with van der Waals surface area (Å²) in [6.07, 6.45) is 0. The zero-order valence-electron chi connectivity index (χ0n) is 33.4. The van der Waals surface area contributed by atoms with Crippen molar-refractivity contribution in [1.29, 1.82) is 0 Å². The van der Waals surface area contributed by atoms with Gasteiger partial charge in [-0.2, -0.15) is 0 Å². The molecule has 3 heteroatoms. The molecular weight excluding hydrogens is 729 g/mol. The fraction of sp³-hybridized carbons (Fsp3) is 0.0526. The van der Waals surface area contributed by atoms with E-state index >= 15 is 0 Å². The highest BCUT2D eigenvalue weighted by atomic mass is 16.3. The van der Waals surface area contributed by atoms with Crippen LogP contribution >= 0.6 is 0 Å². The standard InChI is InChI=1S/C57H40N2O/c1-57(2)51-17-9-6-14-45(51)46-31-29-44(36-52(46)57)58(43-30-33-56-50(35-43)48-16-8-11-19-55(48)60-56)41-25-22-39(23-26-41)40-24-32-54-49(34-40)47-15-7-10-18-53(47)59(54)42-27-20-38(21-28-42)37-12-4-3-5-13-37/h3-36H,1-2H3. The van der Waals surface area contributed by atoms with Crippen LogP contribution in [0, 0.1) is 0 Å². The van der Waals surface area contributed by atoms with Gasteiger partial charge in [0.15, 0.2) is 0 Å². The molecule has 0 bridgehead atoms. The summed E-state index contributed by atoms with van der Waals surface area (Å²) >= 11 is 0. The predicted molar refractivity (Wildman–Crippen MR) is 251 cm³/mol. The first-order valence-corrected chi connectivity index (χ1v) is 20.7. The molecule has 1 aliphatic carbocycles. The molecule has 0 radical (unpaired) electrons. The number of nitrogens with zero attached hydrogens (tertiary/aromatic N) is 2. The molecule has 12 rings (SSSR count). The molecule has 1 aliphatic rings. The van der Waals surface area contributed by atoms with Crippen molar-refractivity contribution in [3.05, 3.63) is 217 Å². The fourth-order valence-electron chi connectivity index (χ4n) is 9.80. The molecule has 9 aromatic carbocycles. The second-order valence-electron chi connectivity index (χ2n) is 16.6. The molecule has 0 amide bonds. The van der Waals surface area contributed by atoms with Crippen LogP contribution in [0.5, 0.6) is 0 Å². The Morgan fingerprint density at radius 2 is 0.967 bits per heavy atom. The lowest BCUT2D eigenvalue weighted by Gasteiger charge is -2.28. The van der Waals surface area contributed by atoms with Crippen LogP contribution < -0.4 is 4.90 Å². The quantitative estimate of drug-likeness (QED) is 0.168. The van der Waals surface area contributed by atoms with E-state index in [-0.39, 0.29) is 5.41 Å². The third-order valence-electron chi connectivity index (χ3n) is 12.8. The van der Waals surface area contributed by atoms with Crippen LogP contribution in [0.15, 0.2) is 211 Å². The van der Waals surface area contributed by atoms with Crippen LogP contribution in [0.1, 0.15) is 25.0 Å². The van der Waals surface area contributed by atoms with E-state index < -0.39 is 0 Å². The first kappa shape index (κ1) is 34.4. The van der Waals surface area contributed by atoms with Gasteiger partial charge in [0, 0.05) is 49.7 Å². The van der Waals surface area contributed by atoms with E-state index in [1.165, 1.54) is 66.3 Å². The number of fused-ring (bicyclic) bond motifs is 9. The van der Waals surface area contributed by atoms with Crippen LogP contribution in [0.2, 0.25) is 0 Å². The molecule has 0 spiro atoms. The molecule has 284 valence electrons. The maximum Gasteiger partial charge on any atom is 0.135 e. The Morgan fingerprint density at radius 1 is 0.383 bits per heavy atom. The summed E-state index contributed by atoms with van der Waals surface area (Å²) in [5, 5.41) is 4.71. The van der Waals surface area contributed by atoms with E-state index in [1.54, 1.807) is 0 Å². The Morgan fingerprint density at radius 3 is 1.82 bits per heavy atom. The van der Waals surface area contributed by atoms with Crippen LogP contribution in [0.25, 0.3) is 82.8 Å². The first-order valence-electron chi connectivity index (χ1n) is 20.7. The number of benzene rings is 9. The summed E-state index contributed by atoms with van der Waals surface area (Å²) in [6.45, 7) is 4.69. The van der Waals surface area contributed by atoms with Crippen molar-refractivity contribution in [3.63, 3.8) is 0 Å². The molecule has 0 saturated heterocycles. The highest BCUT2D eigenvalue weighted by Gasteiger charge is 2.35. The van der Waals surface area contributed by atoms with E-state index in [0.717, 1.165) is 44.7 Å². The molecule has 3 nitrogen and oxygen atoms in total. The van der Waals surface area contributed by atoms with Crippen LogP contribution in [0.4, 0.5) is 17.1 Å². The maximum atomic E-state index is 6.27. The molecule has 2 heterocycles. The van der Waals surface area contributed by atoms with Gasteiger partial charge < -0.3 is 13.9 Å². The number of anilines is 3. The lowest BCUT2D eigenvalue weighted by Crippen LogP contribution is -2.16. The fourth-order valence-corrected chi connectivity index (χ4v) is 9.80. The molecule has 0 aliphatic heterocycles. The molecule has 0 unspecified atom stereocenters. The van der Waals surface area contributed by atoms with Crippen molar-refractivity contribution in [2.45, 2.75) is 19.3 Å². The average molecular weight is 769 g/mol. The minimum atomic E-state index is -0.116. The normalized spacial score (nSPS) is 13.0. The van der Waals surface area contributed by atoms with Crippen LogP contribution in [-0.2, 0) is 5.41 Å². The zero-order chi connectivity index (χ0) is 40.0. The molecular formula is C57H40N2O. The number of aromatic nitrogens is 1. The monoisotopic (exact) mass is 768 g/mol. The van der Waals surface area contributed by atoms with Crippen molar-refractivity contribution in [3.8, 4) is 39.1 Å². The summed E-state index contributed by atoms with van der Waals surface area (Å²) in [7, 11) is 0. The molecule has 2 aromatic heterocycles. The molecule has 0 fully saturated rings. The van der Waals surface area contributed by atoms with Crippen molar-refractivity contribution >= 4 is 60.8 Å². The Kier molecular flexibility index (Phi) is 7.58. The van der Waals surface area contributed by atoms with Crippen molar-refractivity contribution in [2.75, 3.05) is 4.90 Å². The molecule has 0 saturated carbocycles. The summed E-state index contributed by atoms with van der Waals surface area (Å²) < 4.78 is 8.66. The Balaban J connectivity index is 0.957. The van der Waals surface area contributed by atoms with Gasteiger partial charge in [0.1, 0.15) is 11.2 Å². The summed E-state index contributed by atoms with van der Waals surface area (Å²) in [4.78, 5) is 2.39. The van der Waals surface area contributed by atoms with Crippen molar-refractivity contribution in [1.82, 2.24) is 4.57 Å². The van der Waals surface area contributed by atoms with E-state index in [4.69, 9.17) is 4.42 Å². The summed E-state index contributed by atoms with van der Waals surface area (Å²) in [5.74, 6) is 0. The first-order chi connectivity index (χ1) is 29.5. The van der Waals surface area contributed by atoms with E-state index in [9.17, 15) is 0 Å². The minimum Gasteiger partial charge on any atom is -0.456 e. The number of para-hydroxylation sites is 2. The third-order valence-corrected chi connectivity index (χ3v) is 12.8. The summed E-state index contributed by atoms with van der Waals surface area (Å²) in [6, 6.07) is 74.9. The van der Waals surface area contributed by atoms with Crippen LogP contribution in [-0.4, -0.2) is 4.57 Å². The molecule has 0 atom stereocenters. The van der Waals surface area contributed by atoms with Gasteiger partial charge in [0.05, 0.1) is 11.0 Å². The molecule has 60 heavy (non-hydrogen) atoms. The van der Waals surface area contributed by atoms with Crippen molar-refractivity contribution < 1.29 is 4.42 Å². The Labute approximate surface area is 349 Å². The lowest BCUT2D eigenvalue weighted by molar-refractivity contribution is 0.660. The minimum absolute atomic E-state index is 0.116. The maximum absolute atomic E-state index is 6.27. The SMILES string of the molecule is CC1(C)c2ccccc2-c2ccc(N(c3ccc(-c4ccc5c(c4)c4ccccc4n5-c4ccc(-c5ccccc5)cc4)cc3)c3ccc4oc5ccccc5c4c3)cc21. The number of rotatable bonds is 6. The van der Waals surface area contributed by atoms with Crippen molar-refractivity contribution in [2.24, 2.45) is 0 Å². The second-order valence-corrected chi connectivity index (χ2v) is 16.6. The highest BCUT2D eigenvalue weighted by molar-refractivity contribution is 6.11. The lowest BCUT2D eigenvalue weighted by atomic mass is 9.82. The average Bonchev–Trinajstić information content (AvgIpc) is 3.92. The number of furan rings is 1. The zero-order valence-corrected chi connectivity index (χ0v) is 33.4. The Bertz CT molecular complexity index is 3440. The van der Waals surface area contributed by atoms with E-state index in [1.807, 2.05) is 12.1 Å². The van der Waals surface area contributed by atoms with Gasteiger partial charge in [0.2, 0.25) is 0 Å². The third kappa shape index (κ3) is 5.29. The van der Waals surface area contributed by atoms with Gasteiger partial charge in [-0.1, -0.05) is 141 Å². The molecule has 0 N–H and O–H groups in total. The second kappa shape index (κ2) is 13.2. The van der Waals surface area contributed by atoms with E-state index in [2.05, 4.69) is 217 Å². The van der Waals surface area contributed by atoms with Gasteiger partial charge in [-0.15, -0.1) is 0 Å². The Hall–Kier alpha value is -7.62.